The Labute approximate surface area is 124 Å². The van der Waals surface area contributed by atoms with Crippen LogP contribution < -0.4 is 5.32 Å². The molecule has 0 saturated carbocycles. The summed E-state index contributed by atoms with van der Waals surface area (Å²) in [4.78, 5) is 0. The molecule has 19 heavy (non-hydrogen) atoms. The molecule has 4 heteroatoms. The molecule has 1 saturated heterocycles. The Morgan fingerprint density at radius 1 is 1.47 bits per heavy atom. The second-order valence-corrected chi connectivity index (χ2v) is 6.78. The molecule has 106 valence electrons. The summed E-state index contributed by atoms with van der Waals surface area (Å²) in [5.74, 6) is 0.937. The van der Waals surface area contributed by atoms with Gasteiger partial charge >= 0.3 is 0 Å². The van der Waals surface area contributed by atoms with Gasteiger partial charge in [0.1, 0.15) is 5.82 Å². The summed E-state index contributed by atoms with van der Waals surface area (Å²) in [6.45, 7) is 3.08. The molecule has 1 fully saturated rings. The van der Waals surface area contributed by atoms with Crippen LogP contribution in [0.3, 0.4) is 0 Å². The van der Waals surface area contributed by atoms with Crippen molar-refractivity contribution in [1.82, 2.24) is 5.32 Å². The van der Waals surface area contributed by atoms with Gasteiger partial charge in [0.2, 0.25) is 0 Å². The van der Waals surface area contributed by atoms with Crippen molar-refractivity contribution >= 4 is 23.4 Å². The maximum atomic E-state index is 13.5. The zero-order chi connectivity index (χ0) is 13.7. The summed E-state index contributed by atoms with van der Waals surface area (Å²) in [6.07, 6.45) is 4.78. The Kier molecular flexibility index (Phi) is 5.99. The zero-order valence-corrected chi connectivity index (χ0v) is 12.9. The third-order valence-corrected chi connectivity index (χ3v) is 5.39. The van der Waals surface area contributed by atoms with Crippen LogP contribution in [0.1, 0.15) is 31.7 Å². The predicted molar refractivity (Wildman–Crippen MR) is 82.7 cm³/mol. The standard InChI is InChI=1S/C15H21ClFNS/c1-2-18-14(15-5-3-4-8-19-15)10-11-6-7-12(16)13(17)9-11/h6-7,9,14-15,18H,2-5,8,10H2,1H3. The molecule has 1 N–H and O–H groups in total. The molecule has 0 bridgehead atoms. The van der Waals surface area contributed by atoms with Crippen molar-refractivity contribution in [3.05, 3.63) is 34.6 Å². The summed E-state index contributed by atoms with van der Waals surface area (Å²) < 4.78 is 13.5. The molecule has 2 atom stereocenters. The highest BCUT2D eigenvalue weighted by molar-refractivity contribution is 8.00. The normalized spacial score (nSPS) is 21.3. The van der Waals surface area contributed by atoms with Crippen molar-refractivity contribution in [3.63, 3.8) is 0 Å². The fourth-order valence-corrected chi connectivity index (χ4v) is 4.15. The van der Waals surface area contributed by atoms with Gasteiger partial charge in [-0.05, 0) is 49.3 Å². The first-order valence-corrected chi connectivity index (χ1v) is 8.42. The topological polar surface area (TPSA) is 12.0 Å². The van der Waals surface area contributed by atoms with Gasteiger partial charge in [-0.3, -0.25) is 0 Å². The minimum atomic E-state index is -0.314. The molecule has 1 aliphatic heterocycles. The summed E-state index contributed by atoms with van der Waals surface area (Å²) in [6, 6.07) is 5.59. The molecular weight excluding hydrogens is 281 g/mol. The van der Waals surface area contributed by atoms with E-state index in [0.717, 1.165) is 18.5 Å². The van der Waals surface area contributed by atoms with Crippen LogP contribution in [-0.2, 0) is 6.42 Å². The summed E-state index contributed by atoms with van der Waals surface area (Å²) in [5, 5.41) is 4.41. The largest absolute Gasteiger partial charge is 0.313 e. The van der Waals surface area contributed by atoms with Crippen LogP contribution in [-0.4, -0.2) is 23.6 Å². The van der Waals surface area contributed by atoms with E-state index >= 15 is 0 Å². The SMILES string of the molecule is CCNC(Cc1ccc(Cl)c(F)c1)C1CCCCS1. The van der Waals surface area contributed by atoms with E-state index in [0.29, 0.717) is 11.3 Å². The molecule has 0 radical (unpaired) electrons. The van der Waals surface area contributed by atoms with Gasteiger partial charge in [-0.25, -0.2) is 4.39 Å². The molecule has 0 spiro atoms. The highest BCUT2D eigenvalue weighted by Gasteiger charge is 2.23. The number of likely N-dealkylation sites (N-methyl/N-ethyl adjacent to an activating group) is 1. The summed E-state index contributed by atoms with van der Waals surface area (Å²) in [5.41, 5.74) is 1.03. The molecule has 0 aromatic heterocycles. The van der Waals surface area contributed by atoms with Gasteiger partial charge < -0.3 is 5.32 Å². The van der Waals surface area contributed by atoms with Crippen molar-refractivity contribution in [2.75, 3.05) is 12.3 Å². The first-order chi connectivity index (χ1) is 9.20. The summed E-state index contributed by atoms with van der Waals surface area (Å²) >= 11 is 7.79. The van der Waals surface area contributed by atoms with Crippen molar-refractivity contribution < 1.29 is 4.39 Å². The molecular formula is C15H21ClFNS. The minimum Gasteiger partial charge on any atom is -0.313 e. The van der Waals surface area contributed by atoms with Gasteiger partial charge in [0.05, 0.1) is 5.02 Å². The van der Waals surface area contributed by atoms with Crippen molar-refractivity contribution in [3.8, 4) is 0 Å². The van der Waals surface area contributed by atoms with Gasteiger partial charge in [0, 0.05) is 11.3 Å². The fourth-order valence-electron chi connectivity index (χ4n) is 2.60. The lowest BCUT2D eigenvalue weighted by Gasteiger charge is -2.30. The number of nitrogens with one attached hydrogen (secondary N) is 1. The lowest BCUT2D eigenvalue weighted by Crippen LogP contribution is -2.41. The van der Waals surface area contributed by atoms with Crippen molar-refractivity contribution in [2.45, 2.75) is 43.9 Å². The van der Waals surface area contributed by atoms with Crippen LogP contribution in [0.25, 0.3) is 0 Å². The Morgan fingerprint density at radius 2 is 2.32 bits per heavy atom. The van der Waals surface area contributed by atoms with Crippen LogP contribution >= 0.6 is 23.4 Å². The Balaban J connectivity index is 2.04. The molecule has 0 amide bonds. The lowest BCUT2D eigenvalue weighted by atomic mass is 9.99. The quantitative estimate of drug-likeness (QED) is 0.871. The highest BCUT2D eigenvalue weighted by atomic mass is 35.5. The molecule has 2 rings (SSSR count). The number of halogens is 2. The van der Waals surface area contributed by atoms with E-state index < -0.39 is 0 Å². The van der Waals surface area contributed by atoms with E-state index in [-0.39, 0.29) is 10.8 Å². The van der Waals surface area contributed by atoms with E-state index in [1.807, 2.05) is 6.07 Å². The fraction of sp³-hybridized carbons (Fsp3) is 0.600. The molecule has 2 unspecified atom stereocenters. The molecule has 1 aromatic carbocycles. The van der Waals surface area contributed by atoms with Gasteiger partial charge in [0.15, 0.2) is 0 Å². The Morgan fingerprint density at radius 3 is 2.95 bits per heavy atom. The van der Waals surface area contributed by atoms with Crippen LogP contribution in [0.15, 0.2) is 18.2 Å². The first-order valence-electron chi connectivity index (χ1n) is 6.99. The van der Waals surface area contributed by atoms with E-state index in [2.05, 4.69) is 24.0 Å². The maximum Gasteiger partial charge on any atom is 0.142 e. The van der Waals surface area contributed by atoms with Gasteiger partial charge in [-0.1, -0.05) is 31.0 Å². The van der Waals surface area contributed by atoms with Crippen molar-refractivity contribution in [2.24, 2.45) is 0 Å². The Bertz CT molecular complexity index is 407. The molecule has 1 nitrogen and oxygen atoms in total. The van der Waals surface area contributed by atoms with E-state index in [1.165, 1.54) is 25.0 Å². The molecule has 1 aromatic rings. The average molecular weight is 302 g/mol. The lowest BCUT2D eigenvalue weighted by molar-refractivity contribution is 0.471. The maximum absolute atomic E-state index is 13.5. The smallest absolute Gasteiger partial charge is 0.142 e. The number of hydrogen-bond donors (Lipinski definition) is 1. The predicted octanol–water partition coefficient (Wildman–Crippen LogP) is 4.29. The average Bonchev–Trinajstić information content (AvgIpc) is 2.43. The number of thioether (sulfide) groups is 1. The van der Waals surface area contributed by atoms with Crippen LogP contribution in [0.4, 0.5) is 4.39 Å². The second kappa shape index (κ2) is 7.51. The highest BCUT2D eigenvalue weighted by Crippen LogP contribution is 2.29. The van der Waals surface area contributed by atoms with Gasteiger partial charge in [-0.2, -0.15) is 11.8 Å². The monoisotopic (exact) mass is 301 g/mol. The number of benzene rings is 1. The zero-order valence-electron chi connectivity index (χ0n) is 11.3. The van der Waals surface area contributed by atoms with E-state index in [9.17, 15) is 4.39 Å². The third kappa shape index (κ3) is 4.37. The first kappa shape index (κ1) is 15.1. The van der Waals surface area contributed by atoms with Gasteiger partial charge in [0.25, 0.3) is 0 Å². The van der Waals surface area contributed by atoms with Crippen molar-refractivity contribution in [1.29, 1.82) is 0 Å². The second-order valence-electron chi connectivity index (χ2n) is 5.02. The Hall–Kier alpha value is -0.250. The van der Waals surface area contributed by atoms with Gasteiger partial charge in [-0.15, -0.1) is 0 Å². The van der Waals surface area contributed by atoms with Crippen LogP contribution in [0, 0.1) is 5.82 Å². The van der Waals surface area contributed by atoms with E-state index in [1.54, 1.807) is 12.1 Å². The van der Waals surface area contributed by atoms with Crippen LogP contribution in [0.5, 0.6) is 0 Å². The number of rotatable bonds is 5. The molecule has 1 aliphatic rings. The third-order valence-electron chi connectivity index (χ3n) is 3.57. The van der Waals surface area contributed by atoms with E-state index in [4.69, 9.17) is 11.6 Å². The number of hydrogen-bond acceptors (Lipinski definition) is 2. The minimum absolute atomic E-state index is 0.204. The molecule has 0 aliphatic carbocycles. The summed E-state index contributed by atoms with van der Waals surface area (Å²) in [7, 11) is 0. The molecule has 1 heterocycles. The van der Waals surface area contributed by atoms with Crippen LogP contribution in [0.2, 0.25) is 5.02 Å².